The summed E-state index contributed by atoms with van der Waals surface area (Å²) in [7, 11) is 2.92. The molecule has 0 unspecified atom stereocenters. The van der Waals surface area contributed by atoms with Gasteiger partial charge in [-0.2, -0.15) is 5.10 Å². The van der Waals surface area contributed by atoms with Crippen LogP contribution in [0, 0.1) is 0 Å². The largest absolute Gasteiger partial charge is 0.488 e. The van der Waals surface area contributed by atoms with Crippen molar-refractivity contribution in [3.63, 3.8) is 0 Å². The second-order valence-electron chi connectivity index (χ2n) is 6.74. The van der Waals surface area contributed by atoms with Gasteiger partial charge in [0.1, 0.15) is 19.4 Å². The molecule has 2 heterocycles. The summed E-state index contributed by atoms with van der Waals surface area (Å²) in [6.45, 7) is 0.569. The van der Waals surface area contributed by atoms with Gasteiger partial charge < -0.3 is 14.5 Å². The maximum Gasteiger partial charge on any atom is 0.282 e. The van der Waals surface area contributed by atoms with Crippen LogP contribution in [-0.2, 0) is 11.9 Å². The number of hydrogen-bond acceptors (Lipinski definition) is 5. The SMILES string of the molecule is CON=Cc1cc(Cl)c(OC[C@@H]2CCCN2C(=O)c2cn(C)nc2C(F)F)c(Cl)c1. The number of carbonyl (C=O) groups excluding carboxylic acids is 1. The molecular formula is C19H20Cl2F2N4O3. The minimum Gasteiger partial charge on any atom is -0.488 e. The number of hydrogen-bond donors (Lipinski definition) is 0. The Morgan fingerprint density at radius 2 is 2.10 bits per heavy atom. The predicted molar refractivity (Wildman–Crippen MR) is 109 cm³/mol. The number of rotatable bonds is 7. The monoisotopic (exact) mass is 460 g/mol. The number of likely N-dealkylation sites (tertiary alicyclic amines) is 1. The van der Waals surface area contributed by atoms with Crippen molar-refractivity contribution in [3.05, 3.63) is 45.2 Å². The minimum atomic E-state index is -2.83. The zero-order valence-electron chi connectivity index (χ0n) is 16.3. The maximum atomic E-state index is 13.2. The fourth-order valence-corrected chi connectivity index (χ4v) is 3.96. The Kier molecular flexibility index (Phi) is 7.14. The first kappa shape index (κ1) is 22.3. The lowest BCUT2D eigenvalue weighted by molar-refractivity contribution is 0.0680. The van der Waals surface area contributed by atoms with Crippen LogP contribution >= 0.6 is 23.2 Å². The molecule has 1 atom stereocenters. The number of halogens is 4. The van der Waals surface area contributed by atoms with E-state index in [2.05, 4.69) is 15.1 Å². The van der Waals surface area contributed by atoms with Crippen LogP contribution in [0.3, 0.4) is 0 Å². The van der Waals surface area contributed by atoms with E-state index >= 15 is 0 Å². The molecule has 162 valence electrons. The van der Waals surface area contributed by atoms with E-state index in [9.17, 15) is 13.6 Å². The van der Waals surface area contributed by atoms with Crippen molar-refractivity contribution < 1.29 is 23.1 Å². The zero-order valence-corrected chi connectivity index (χ0v) is 17.8. The number of carbonyl (C=O) groups is 1. The van der Waals surface area contributed by atoms with E-state index in [-0.39, 0.29) is 34.0 Å². The van der Waals surface area contributed by atoms with Crippen molar-refractivity contribution in [3.8, 4) is 5.75 Å². The Morgan fingerprint density at radius 1 is 1.40 bits per heavy atom. The highest BCUT2D eigenvalue weighted by molar-refractivity contribution is 6.37. The van der Waals surface area contributed by atoms with Gasteiger partial charge >= 0.3 is 0 Å². The molecule has 7 nitrogen and oxygen atoms in total. The molecule has 1 fully saturated rings. The Morgan fingerprint density at radius 3 is 2.73 bits per heavy atom. The number of oxime groups is 1. The Balaban J connectivity index is 1.73. The average Bonchev–Trinajstić information content (AvgIpc) is 3.31. The molecule has 1 aromatic heterocycles. The van der Waals surface area contributed by atoms with E-state index in [0.717, 1.165) is 6.42 Å². The van der Waals surface area contributed by atoms with Crippen LogP contribution in [0.5, 0.6) is 5.75 Å². The molecule has 0 saturated carbocycles. The summed E-state index contributed by atoms with van der Waals surface area (Å²) in [4.78, 5) is 19.1. The molecule has 2 aromatic rings. The van der Waals surface area contributed by atoms with Gasteiger partial charge in [-0.25, -0.2) is 8.78 Å². The van der Waals surface area contributed by atoms with E-state index in [0.29, 0.717) is 18.5 Å². The fraction of sp³-hybridized carbons (Fsp3) is 0.421. The van der Waals surface area contributed by atoms with Crippen LogP contribution in [0.2, 0.25) is 10.0 Å². The molecule has 0 spiro atoms. The molecule has 30 heavy (non-hydrogen) atoms. The molecule has 11 heteroatoms. The van der Waals surface area contributed by atoms with E-state index < -0.39 is 18.0 Å². The fourth-order valence-electron chi connectivity index (χ4n) is 3.35. The van der Waals surface area contributed by atoms with Crippen molar-refractivity contribution >= 4 is 35.3 Å². The molecule has 0 N–H and O–H groups in total. The summed E-state index contributed by atoms with van der Waals surface area (Å²) in [5, 5.41) is 7.92. The standard InChI is InChI=1S/C19H20Cl2F2N4O3/c1-26-9-13(16(25-26)18(22)23)19(28)27-5-3-4-12(27)10-30-17-14(20)6-11(7-15(17)21)8-24-29-2/h6-9,12,18H,3-5,10H2,1-2H3/t12-/m0/s1. The molecule has 1 aromatic carbocycles. The summed E-state index contributed by atoms with van der Waals surface area (Å²) < 4.78 is 33.5. The van der Waals surface area contributed by atoms with Gasteiger partial charge in [0, 0.05) is 19.8 Å². The number of aryl methyl sites for hydroxylation is 1. The van der Waals surface area contributed by atoms with Crippen molar-refractivity contribution in [2.24, 2.45) is 12.2 Å². The molecule has 1 aliphatic heterocycles. The number of ether oxygens (including phenoxy) is 1. The smallest absolute Gasteiger partial charge is 0.282 e. The first-order valence-corrected chi connectivity index (χ1v) is 9.88. The molecule has 0 radical (unpaired) electrons. The molecule has 1 aliphatic rings. The Bertz CT molecular complexity index is 929. The second kappa shape index (κ2) is 9.61. The third-order valence-electron chi connectivity index (χ3n) is 4.68. The van der Waals surface area contributed by atoms with Crippen LogP contribution in [0.15, 0.2) is 23.5 Å². The lowest BCUT2D eigenvalue weighted by atomic mass is 10.2. The number of nitrogens with zero attached hydrogens (tertiary/aromatic N) is 4. The summed E-state index contributed by atoms with van der Waals surface area (Å²) in [5.41, 5.74) is 0.0127. The summed E-state index contributed by atoms with van der Waals surface area (Å²) in [6.07, 6.45) is 1.34. The van der Waals surface area contributed by atoms with Crippen LogP contribution in [0.4, 0.5) is 8.78 Å². The molecule has 0 aliphatic carbocycles. The number of alkyl halides is 2. The van der Waals surface area contributed by atoms with Crippen LogP contribution in [-0.4, -0.2) is 53.1 Å². The number of amides is 1. The highest BCUT2D eigenvalue weighted by Gasteiger charge is 2.34. The van der Waals surface area contributed by atoms with Crippen LogP contribution in [0.1, 0.15) is 40.9 Å². The van der Waals surface area contributed by atoms with E-state index in [1.165, 1.54) is 36.2 Å². The van der Waals surface area contributed by atoms with Crippen LogP contribution < -0.4 is 4.74 Å². The summed E-state index contributed by atoms with van der Waals surface area (Å²) >= 11 is 12.5. The molecule has 1 amide bonds. The summed E-state index contributed by atoms with van der Waals surface area (Å²) in [5.74, 6) is -0.213. The maximum absolute atomic E-state index is 13.2. The van der Waals surface area contributed by atoms with Gasteiger partial charge in [0.15, 0.2) is 5.75 Å². The number of aromatic nitrogens is 2. The van der Waals surface area contributed by atoms with Gasteiger partial charge in [-0.3, -0.25) is 9.48 Å². The normalized spacial score (nSPS) is 16.6. The first-order valence-electron chi connectivity index (χ1n) is 9.12. The first-order chi connectivity index (χ1) is 14.3. The molecule has 0 bridgehead atoms. The van der Waals surface area contributed by atoms with Gasteiger partial charge in [0.2, 0.25) is 0 Å². The topological polar surface area (TPSA) is 69.0 Å². The van der Waals surface area contributed by atoms with E-state index in [1.54, 1.807) is 12.1 Å². The highest BCUT2D eigenvalue weighted by Crippen LogP contribution is 2.35. The molecule has 3 rings (SSSR count). The number of benzene rings is 1. The van der Waals surface area contributed by atoms with Gasteiger partial charge in [-0.05, 0) is 30.5 Å². The third kappa shape index (κ3) is 4.84. The zero-order chi connectivity index (χ0) is 21.8. The van der Waals surface area contributed by atoms with Crippen molar-refractivity contribution in [1.82, 2.24) is 14.7 Å². The average molecular weight is 461 g/mol. The summed E-state index contributed by atoms with van der Waals surface area (Å²) in [6, 6.07) is 2.94. The highest BCUT2D eigenvalue weighted by atomic mass is 35.5. The lowest BCUT2D eigenvalue weighted by Crippen LogP contribution is -2.39. The van der Waals surface area contributed by atoms with Crippen molar-refractivity contribution in [2.75, 3.05) is 20.3 Å². The van der Waals surface area contributed by atoms with Gasteiger partial charge in [0.25, 0.3) is 12.3 Å². The molecular weight excluding hydrogens is 441 g/mol. The van der Waals surface area contributed by atoms with Crippen molar-refractivity contribution in [1.29, 1.82) is 0 Å². The lowest BCUT2D eigenvalue weighted by Gasteiger charge is -2.25. The van der Waals surface area contributed by atoms with Gasteiger partial charge in [-0.15, -0.1) is 0 Å². The van der Waals surface area contributed by atoms with E-state index in [1.807, 2.05) is 0 Å². The minimum absolute atomic E-state index is 0.0998. The van der Waals surface area contributed by atoms with Gasteiger partial charge in [0.05, 0.1) is 27.9 Å². The Hall–Kier alpha value is -2.39. The Labute approximate surface area is 182 Å². The van der Waals surface area contributed by atoms with Gasteiger partial charge in [-0.1, -0.05) is 28.4 Å². The van der Waals surface area contributed by atoms with Crippen molar-refractivity contribution in [2.45, 2.75) is 25.3 Å². The predicted octanol–water partition coefficient (Wildman–Crippen LogP) is 4.33. The second-order valence-corrected chi connectivity index (χ2v) is 7.55. The van der Waals surface area contributed by atoms with Crippen LogP contribution in [0.25, 0.3) is 0 Å². The van der Waals surface area contributed by atoms with E-state index in [4.69, 9.17) is 27.9 Å². The quantitative estimate of drug-likeness (QED) is 0.455. The third-order valence-corrected chi connectivity index (χ3v) is 5.24. The molecule has 1 saturated heterocycles.